The van der Waals surface area contributed by atoms with Gasteiger partial charge in [-0.1, -0.05) is 0 Å². The summed E-state index contributed by atoms with van der Waals surface area (Å²) in [4.78, 5) is 22.4. The third-order valence-corrected chi connectivity index (χ3v) is 2.17. The second-order valence-electron chi connectivity index (χ2n) is 3.82. The summed E-state index contributed by atoms with van der Waals surface area (Å²) < 4.78 is 0. The highest BCUT2D eigenvalue weighted by Crippen LogP contribution is 2.18. The minimum Gasteiger partial charge on any atom is -0.508 e. The molecule has 1 rings (SSSR count). The van der Waals surface area contributed by atoms with E-state index in [9.17, 15) is 14.7 Å². The first-order valence-corrected chi connectivity index (χ1v) is 5.08. The van der Waals surface area contributed by atoms with Gasteiger partial charge in [0, 0.05) is 18.2 Å². The number of primary amides is 1. The monoisotopic (exact) mass is 237 g/mol. The highest BCUT2D eigenvalue weighted by atomic mass is 16.3. The molecule has 1 aromatic carbocycles. The Labute approximate surface area is 98.6 Å². The summed E-state index contributed by atoms with van der Waals surface area (Å²) in [5.74, 6) is -0.999. The fourth-order valence-corrected chi connectivity index (χ4v) is 1.40. The molecule has 0 bridgehead atoms. The zero-order chi connectivity index (χ0) is 13.0. The maximum atomic E-state index is 11.8. The predicted molar refractivity (Wildman–Crippen MR) is 63.3 cm³/mol. The molecule has 6 heteroatoms. The molecule has 0 heterocycles. The number of hydrogen-bond acceptors (Lipinski definition) is 4. The van der Waals surface area contributed by atoms with Gasteiger partial charge in [0.1, 0.15) is 5.75 Å². The SMILES string of the molecule is CC(CC(N)=O)NC(=O)c1cc(O)ccc1N. The van der Waals surface area contributed by atoms with Gasteiger partial charge < -0.3 is 21.9 Å². The van der Waals surface area contributed by atoms with Crippen molar-refractivity contribution in [3.8, 4) is 5.75 Å². The number of rotatable bonds is 4. The van der Waals surface area contributed by atoms with Crippen LogP contribution in [-0.4, -0.2) is 23.0 Å². The van der Waals surface area contributed by atoms with Gasteiger partial charge in [0.05, 0.1) is 5.56 Å². The summed E-state index contributed by atoms with van der Waals surface area (Å²) in [6, 6.07) is 3.70. The molecule has 0 aromatic heterocycles. The predicted octanol–water partition coefficient (Wildman–Crippen LogP) is -0.0319. The molecule has 6 nitrogen and oxygen atoms in total. The maximum absolute atomic E-state index is 11.8. The molecule has 2 amide bonds. The number of benzene rings is 1. The number of nitrogens with one attached hydrogen (secondary N) is 1. The Morgan fingerprint density at radius 1 is 1.47 bits per heavy atom. The number of carbonyl (C=O) groups is 2. The minimum atomic E-state index is -0.498. The van der Waals surface area contributed by atoms with Crippen LogP contribution in [-0.2, 0) is 4.79 Å². The standard InChI is InChI=1S/C11H15N3O3/c1-6(4-10(13)16)14-11(17)8-5-7(15)2-3-9(8)12/h2-3,5-6,15H,4,12H2,1H3,(H2,13,16)(H,14,17). The number of aromatic hydroxyl groups is 1. The Balaban J connectivity index is 2.76. The van der Waals surface area contributed by atoms with Crippen LogP contribution in [0.25, 0.3) is 0 Å². The van der Waals surface area contributed by atoms with Gasteiger partial charge >= 0.3 is 0 Å². The van der Waals surface area contributed by atoms with Crippen molar-refractivity contribution in [2.45, 2.75) is 19.4 Å². The zero-order valence-electron chi connectivity index (χ0n) is 9.43. The van der Waals surface area contributed by atoms with Gasteiger partial charge in [-0.3, -0.25) is 9.59 Å². The van der Waals surface area contributed by atoms with Gasteiger partial charge in [-0.05, 0) is 25.1 Å². The number of nitrogens with two attached hydrogens (primary N) is 2. The first-order valence-electron chi connectivity index (χ1n) is 5.08. The van der Waals surface area contributed by atoms with Crippen LogP contribution in [0.5, 0.6) is 5.75 Å². The van der Waals surface area contributed by atoms with Crippen molar-refractivity contribution in [1.29, 1.82) is 0 Å². The van der Waals surface area contributed by atoms with E-state index in [-0.39, 0.29) is 29.5 Å². The molecule has 17 heavy (non-hydrogen) atoms. The minimum absolute atomic E-state index is 0.0461. The highest BCUT2D eigenvalue weighted by molar-refractivity contribution is 5.99. The lowest BCUT2D eigenvalue weighted by atomic mass is 10.1. The smallest absolute Gasteiger partial charge is 0.253 e. The van der Waals surface area contributed by atoms with Gasteiger partial charge in [0.2, 0.25) is 5.91 Å². The summed E-state index contributed by atoms with van der Waals surface area (Å²) in [6.45, 7) is 1.65. The van der Waals surface area contributed by atoms with E-state index < -0.39 is 11.8 Å². The van der Waals surface area contributed by atoms with Crippen LogP contribution < -0.4 is 16.8 Å². The van der Waals surface area contributed by atoms with Gasteiger partial charge in [-0.25, -0.2) is 0 Å². The number of hydrogen-bond donors (Lipinski definition) is 4. The Bertz CT molecular complexity index is 446. The van der Waals surface area contributed by atoms with Crippen molar-refractivity contribution < 1.29 is 14.7 Å². The molecule has 0 spiro atoms. The molecule has 0 aliphatic carbocycles. The van der Waals surface area contributed by atoms with E-state index in [1.165, 1.54) is 18.2 Å². The molecule has 1 unspecified atom stereocenters. The van der Waals surface area contributed by atoms with Gasteiger partial charge in [-0.2, -0.15) is 0 Å². The molecule has 6 N–H and O–H groups in total. The first-order chi connectivity index (χ1) is 7.90. The average Bonchev–Trinajstić information content (AvgIpc) is 2.20. The van der Waals surface area contributed by atoms with E-state index in [1.54, 1.807) is 6.92 Å². The summed E-state index contributed by atoms with van der Waals surface area (Å²) in [7, 11) is 0. The van der Waals surface area contributed by atoms with Crippen molar-refractivity contribution >= 4 is 17.5 Å². The highest BCUT2D eigenvalue weighted by Gasteiger charge is 2.14. The Morgan fingerprint density at radius 2 is 2.12 bits per heavy atom. The second kappa shape index (κ2) is 5.20. The third-order valence-electron chi connectivity index (χ3n) is 2.17. The van der Waals surface area contributed by atoms with Crippen LogP contribution in [0.3, 0.4) is 0 Å². The molecule has 0 saturated carbocycles. The number of nitrogen functional groups attached to an aromatic ring is 1. The number of carbonyl (C=O) groups excluding carboxylic acids is 2. The first kappa shape index (κ1) is 12.8. The number of phenolic OH excluding ortho intramolecular Hbond substituents is 1. The zero-order valence-corrected chi connectivity index (χ0v) is 9.43. The molecular weight excluding hydrogens is 222 g/mol. The van der Waals surface area contributed by atoms with Crippen LogP contribution in [0.4, 0.5) is 5.69 Å². The van der Waals surface area contributed by atoms with Gasteiger partial charge in [0.25, 0.3) is 5.91 Å². The molecule has 0 fully saturated rings. The summed E-state index contributed by atoms with van der Waals surface area (Å²) >= 11 is 0. The lowest BCUT2D eigenvalue weighted by Gasteiger charge is -2.13. The molecule has 0 saturated heterocycles. The van der Waals surface area contributed by atoms with Gasteiger partial charge in [0.15, 0.2) is 0 Å². The van der Waals surface area contributed by atoms with Crippen molar-refractivity contribution in [2.75, 3.05) is 5.73 Å². The fraction of sp³-hybridized carbons (Fsp3) is 0.273. The molecule has 0 aliphatic rings. The van der Waals surface area contributed by atoms with E-state index in [0.29, 0.717) is 0 Å². The summed E-state index contributed by atoms with van der Waals surface area (Å²) in [5.41, 5.74) is 11.0. The van der Waals surface area contributed by atoms with E-state index >= 15 is 0 Å². The van der Waals surface area contributed by atoms with E-state index in [0.717, 1.165) is 0 Å². The van der Waals surface area contributed by atoms with Crippen LogP contribution in [0, 0.1) is 0 Å². The lowest BCUT2D eigenvalue weighted by molar-refractivity contribution is -0.118. The fourth-order valence-electron chi connectivity index (χ4n) is 1.40. The van der Waals surface area contributed by atoms with Crippen LogP contribution in [0.15, 0.2) is 18.2 Å². The van der Waals surface area contributed by atoms with E-state index in [2.05, 4.69) is 5.32 Å². The van der Waals surface area contributed by atoms with Crippen molar-refractivity contribution in [1.82, 2.24) is 5.32 Å². The average molecular weight is 237 g/mol. The Kier molecular flexibility index (Phi) is 3.92. The molecule has 92 valence electrons. The summed E-state index contributed by atoms with van der Waals surface area (Å²) in [5, 5.41) is 11.8. The van der Waals surface area contributed by atoms with E-state index in [1.807, 2.05) is 0 Å². The van der Waals surface area contributed by atoms with Crippen LogP contribution in [0.1, 0.15) is 23.7 Å². The third kappa shape index (κ3) is 3.67. The molecule has 0 radical (unpaired) electrons. The van der Waals surface area contributed by atoms with Crippen LogP contribution in [0.2, 0.25) is 0 Å². The molecule has 0 aliphatic heterocycles. The topological polar surface area (TPSA) is 118 Å². The molecule has 1 aromatic rings. The maximum Gasteiger partial charge on any atom is 0.253 e. The molecular formula is C11H15N3O3. The van der Waals surface area contributed by atoms with Crippen molar-refractivity contribution in [2.24, 2.45) is 5.73 Å². The lowest BCUT2D eigenvalue weighted by Crippen LogP contribution is -2.36. The normalized spacial score (nSPS) is 11.8. The van der Waals surface area contributed by atoms with Gasteiger partial charge in [-0.15, -0.1) is 0 Å². The van der Waals surface area contributed by atoms with Crippen molar-refractivity contribution in [3.63, 3.8) is 0 Å². The second-order valence-corrected chi connectivity index (χ2v) is 3.82. The quantitative estimate of drug-likeness (QED) is 0.434. The number of amides is 2. The number of anilines is 1. The summed E-state index contributed by atoms with van der Waals surface area (Å²) in [6.07, 6.45) is 0.0461. The Morgan fingerprint density at radius 3 is 2.71 bits per heavy atom. The van der Waals surface area contributed by atoms with E-state index in [4.69, 9.17) is 11.5 Å². The van der Waals surface area contributed by atoms with Crippen molar-refractivity contribution in [3.05, 3.63) is 23.8 Å². The molecule has 1 atom stereocenters. The Hall–Kier alpha value is -2.24. The van der Waals surface area contributed by atoms with Crippen LogP contribution >= 0.6 is 0 Å². The number of phenols is 1. The largest absolute Gasteiger partial charge is 0.508 e.